The van der Waals surface area contributed by atoms with Gasteiger partial charge in [0.15, 0.2) is 0 Å². The Hall–Kier alpha value is -2.12. The molecule has 0 atom stereocenters. The Labute approximate surface area is 126 Å². The van der Waals surface area contributed by atoms with Crippen LogP contribution in [0, 0.1) is 11.3 Å². The molecule has 2 aromatic carbocycles. The van der Waals surface area contributed by atoms with E-state index in [4.69, 9.17) is 5.26 Å². The number of nitriles is 1. The van der Waals surface area contributed by atoms with Gasteiger partial charge < -0.3 is 5.32 Å². The second-order valence-corrected chi connectivity index (χ2v) is 4.88. The van der Waals surface area contributed by atoms with Crippen LogP contribution in [0.1, 0.15) is 27.0 Å². The van der Waals surface area contributed by atoms with Gasteiger partial charge in [-0.3, -0.25) is 4.79 Å². The fraction of sp³-hybridized carbons (Fsp3) is 0.125. The van der Waals surface area contributed by atoms with Gasteiger partial charge in [0.25, 0.3) is 5.91 Å². The van der Waals surface area contributed by atoms with Gasteiger partial charge in [-0.2, -0.15) is 5.26 Å². The molecular weight excluding hydrogens is 316 g/mol. The Kier molecular flexibility index (Phi) is 4.91. The summed E-state index contributed by atoms with van der Waals surface area (Å²) >= 11 is 3.39. The number of carbonyl (C=O) groups excluding carboxylic acids is 1. The summed E-state index contributed by atoms with van der Waals surface area (Å²) in [7, 11) is 0. The summed E-state index contributed by atoms with van der Waals surface area (Å²) in [6, 6.07) is 16.7. The highest BCUT2D eigenvalue weighted by Crippen LogP contribution is 2.08. The Morgan fingerprint density at radius 1 is 1.05 bits per heavy atom. The average molecular weight is 329 g/mol. The molecule has 0 aliphatic heterocycles. The zero-order chi connectivity index (χ0) is 14.4. The molecule has 0 saturated carbocycles. The number of nitrogens with one attached hydrogen (secondary N) is 1. The Morgan fingerprint density at radius 3 is 2.20 bits per heavy atom. The van der Waals surface area contributed by atoms with Crippen LogP contribution in [0.25, 0.3) is 0 Å². The summed E-state index contributed by atoms with van der Waals surface area (Å²) in [5.74, 6) is -0.140. The molecule has 3 nitrogen and oxygen atoms in total. The van der Waals surface area contributed by atoms with E-state index in [1.165, 1.54) is 5.56 Å². The first kappa shape index (κ1) is 14.3. The minimum Gasteiger partial charge on any atom is -0.348 e. The zero-order valence-corrected chi connectivity index (χ0v) is 12.4. The Bertz CT molecular complexity index is 627. The highest BCUT2D eigenvalue weighted by molar-refractivity contribution is 9.08. The van der Waals surface area contributed by atoms with Gasteiger partial charge in [0.2, 0.25) is 0 Å². The molecule has 2 aromatic rings. The number of amides is 1. The standard InChI is InChI=1S/C16H13BrN2O/c17-9-12-1-3-14(4-2-12)11-19-16(20)15-7-5-13(10-18)6-8-15/h1-8H,9,11H2,(H,19,20). The maximum Gasteiger partial charge on any atom is 0.251 e. The second kappa shape index (κ2) is 6.88. The summed E-state index contributed by atoms with van der Waals surface area (Å²) in [4.78, 5) is 11.9. The van der Waals surface area contributed by atoms with Crippen LogP contribution in [0.5, 0.6) is 0 Å². The summed E-state index contributed by atoms with van der Waals surface area (Å²) in [5.41, 5.74) is 3.36. The van der Waals surface area contributed by atoms with Gasteiger partial charge >= 0.3 is 0 Å². The van der Waals surface area contributed by atoms with Crippen LogP contribution in [-0.4, -0.2) is 5.91 Å². The maximum absolute atomic E-state index is 11.9. The van der Waals surface area contributed by atoms with Crippen molar-refractivity contribution in [2.75, 3.05) is 0 Å². The third-order valence-electron chi connectivity index (χ3n) is 2.91. The predicted molar refractivity (Wildman–Crippen MR) is 81.4 cm³/mol. The molecule has 0 heterocycles. The first-order valence-electron chi connectivity index (χ1n) is 6.15. The van der Waals surface area contributed by atoms with Crippen molar-refractivity contribution in [2.24, 2.45) is 0 Å². The topological polar surface area (TPSA) is 52.9 Å². The highest BCUT2D eigenvalue weighted by Gasteiger charge is 2.05. The molecule has 20 heavy (non-hydrogen) atoms. The molecule has 0 saturated heterocycles. The fourth-order valence-corrected chi connectivity index (χ4v) is 2.10. The van der Waals surface area contributed by atoms with Gasteiger partial charge in [0.05, 0.1) is 11.6 Å². The number of alkyl halides is 1. The molecule has 4 heteroatoms. The summed E-state index contributed by atoms with van der Waals surface area (Å²) in [6.45, 7) is 0.488. The van der Waals surface area contributed by atoms with Gasteiger partial charge in [-0.1, -0.05) is 40.2 Å². The Balaban J connectivity index is 1.95. The lowest BCUT2D eigenvalue weighted by Crippen LogP contribution is -2.22. The first-order valence-corrected chi connectivity index (χ1v) is 7.27. The van der Waals surface area contributed by atoms with Gasteiger partial charge in [0, 0.05) is 17.4 Å². The van der Waals surface area contributed by atoms with Crippen molar-refractivity contribution in [3.05, 3.63) is 70.8 Å². The van der Waals surface area contributed by atoms with Crippen LogP contribution in [0.15, 0.2) is 48.5 Å². The van der Waals surface area contributed by atoms with Crippen molar-refractivity contribution in [3.8, 4) is 6.07 Å². The zero-order valence-electron chi connectivity index (χ0n) is 10.8. The number of hydrogen-bond acceptors (Lipinski definition) is 2. The third-order valence-corrected chi connectivity index (χ3v) is 3.55. The largest absolute Gasteiger partial charge is 0.348 e. The molecule has 0 fully saturated rings. The van der Waals surface area contributed by atoms with Crippen molar-refractivity contribution < 1.29 is 4.79 Å². The Morgan fingerprint density at radius 2 is 1.65 bits per heavy atom. The first-order chi connectivity index (χ1) is 9.72. The lowest BCUT2D eigenvalue weighted by atomic mass is 10.1. The maximum atomic E-state index is 11.9. The summed E-state index contributed by atoms with van der Waals surface area (Å²) in [5, 5.41) is 12.4. The van der Waals surface area contributed by atoms with E-state index in [0.29, 0.717) is 17.7 Å². The number of halogens is 1. The molecule has 0 bridgehead atoms. The smallest absolute Gasteiger partial charge is 0.251 e. The number of rotatable bonds is 4. The van der Waals surface area contributed by atoms with Crippen LogP contribution in [0.2, 0.25) is 0 Å². The quantitative estimate of drug-likeness (QED) is 0.874. The number of carbonyl (C=O) groups is 1. The van der Waals surface area contributed by atoms with Crippen LogP contribution >= 0.6 is 15.9 Å². The van der Waals surface area contributed by atoms with Crippen molar-refractivity contribution in [1.29, 1.82) is 5.26 Å². The molecule has 0 aliphatic carbocycles. The third kappa shape index (κ3) is 3.69. The van der Waals surface area contributed by atoms with Crippen molar-refractivity contribution >= 4 is 21.8 Å². The number of hydrogen-bond donors (Lipinski definition) is 1. The molecule has 1 amide bonds. The lowest BCUT2D eigenvalue weighted by Gasteiger charge is -2.06. The number of nitrogens with zero attached hydrogens (tertiary/aromatic N) is 1. The van der Waals surface area contributed by atoms with E-state index in [-0.39, 0.29) is 5.91 Å². The van der Waals surface area contributed by atoms with E-state index in [1.54, 1.807) is 24.3 Å². The van der Waals surface area contributed by atoms with Crippen molar-refractivity contribution in [1.82, 2.24) is 5.32 Å². The van der Waals surface area contributed by atoms with Crippen LogP contribution < -0.4 is 5.32 Å². The predicted octanol–water partition coefficient (Wildman–Crippen LogP) is 3.38. The van der Waals surface area contributed by atoms with E-state index in [1.807, 2.05) is 30.3 Å². The summed E-state index contributed by atoms with van der Waals surface area (Å²) < 4.78 is 0. The molecule has 0 radical (unpaired) electrons. The van der Waals surface area contributed by atoms with Crippen LogP contribution in [0.3, 0.4) is 0 Å². The van der Waals surface area contributed by atoms with Gasteiger partial charge in [0.1, 0.15) is 0 Å². The molecule has 0 spiro atoms. The van der Waals surface area contributed by atoms with Crippen LogP contribution in [0.4, 0.5) is 0 Å². The van der Waals surface area contributed by atoms with Crippen molar-refractivity contribution in [3.63, 3.8) is 0 Å². The molecule has 100 valence electrons. The lowest BCUT2D eigenvalue weighted by molar-refractivity contribution is 0.0951. The van der Waals surface area contributed by atoms with E-state index in [9.17, 15) is 4.79 Å². The molecular formula is C16H13BrN2O. The highest BCUT2D eigenvalue weighted by atomic mass is 79.9. The minimum absolute atomic E-state index is 0.140. The molecule has 2 rings (SSSR count). The molecule has 1 N–H and O–H groups in total. The van der Waals surface area contributed by atoms with Crippen LogP contribution in [-0.2, 0) is 11.9 Å². The summed E-state index contributed by atoms with van der Waals surface area (Å²) in [6.07, 6.45) is 0. The normalized spacial score (nSPS) is 9.80. The molecule has 0 aliphatic rings. The van der Waals surface area contributed by atoms with Gasteiger partial charge in [-0.25, -0.2) is 0 Å². The van der Waals surface area contributed by atoms with Gasteiger partial charge in [-0.15, -0.1) is 0 Å². The SMILES string of the molecule is N#Cc1ccc(C(=O)NCc2ccc(CBr)cc2)cc1. The second-order valence-electron chi connectivity index (χ2n) is 4.32. The van der Waals surface area contributed by atoms with E-state index in [2.05, 4.69) is 21.2 Å². The number of benzene rings is 2. The molecule has 0 unspecified atom stereocenters. The monoisotopic (exact) mass is 328 g/mol. The molecule has 0 aromatic heterocycles. The minimum atomic E-state index is -0.140. The van der Waals surface area contributed by atoms with Gasteiger partial charge in [-0.05, 0) is 35.4 Å². The van der Waals surface area contributed by atoms with E-state index in [0.717, 1.165) is 10.9 Å². The van der Waals surface area contributed by atoms with Crippen molar-refractivity contribution in [2.45, 2.75) is 11.9 Å². The van der Waals surface area contributed by atoms with E-state index < -0.39 is 0 Å². The van der Waals surface area contributed by atoms with E-state index >= 15 is 0 Å². The fourth-order valence-electron chi connectivity index (χ4n) is 1.73. The average Bonchev–Trinajstić information content (AvgIpc) is 2.53.